The second kappa shape index (κ2) is 8.97. The van der Waals surface area contributed by atoms with Crippen molar-refractivity contribution in [1.82, 2.24) is 4.57 Å². The molecule has 0 atom stereocenters. The van der Waals surface area contributed by atoms with E-state index in [4.69, 9.17) is 9.88 Å². The summed E-state index contributed by atoms with van der Waals surface area (Å²) in [6.45, 7) is 7.99. The molecule has 1 aromatic heterocycles. The highest BCUT2D eigenvalue weighted by Gasteiger charge is 2.17. The van der Waals surface area contributed by atoms with Gasteiger partial charge in [-0.3, -0.25) is 9.59 Å². The monoisotopic (exact) mass is 475 g/mol. The number of carbonyl (C=O) groups excluding carboxylic acids is 2. The van der Waals surface area contributed by atoms with Crippen molar-refractivity contribution in [2.75, 3.05) is 6.61 Å². The van der Waals surface area contributed by atoms with Gasteiger partial charge < -0.3 is 9.30 Å². The first-order chi connectivity index (χ1) is 14.9. The molecule has 0 saturated carbocycles. The summed E-state index contributed by atoms with van der Waals surface area (Å²) in [5.41, 5.74) is 1.99. The number of nitrogens with two attached hydrogens (primary N) is 1. The number of thiazole rings is 1. The molecule has 2 aromatic carbocycles. The van der Waals surface area contributed by atoms with E-state index in [0.29, 0.717) is 15.8 Å². The van der Waals surface area contributed by atoms with Crippen LogP contribution in [-0.4, -0.2) is 31.5 Å². The third-order valence-corrected chi connectivity index (χ3v) is 6.72. The lowest BCUT2D eigenvalue weighted by Gasteiger charge is -2.18. The number of sulfonamides is 1. The summed E-state index contributed by atoms with van der Waals surface area (Å²) < 4.78 is 30.5. The minimum absolute atomic E-state index is 0.0477. The average Bonchev–Trinajstić information content (AvgIpc) is 3.03. The Balaban J connectivity index is 2.11. The van der Waals surface area contributed by atoms with Gasteiger partial charge in [-0.05, 0) is 48.2 Å². The van der Waals surface area contributed by atoms with Crippen LogP contribution >= 0.6 is 11.3 Å². The number of esters is 1. The number of primary sulfonamides is 1. The Kier molecular flexibility index (Phi) is 6.68. The molecule has 0 radical (unpaired) electrons. The van der Waals surface area contributed by atoms with Crippen molar-refractivity contribution in [3.63, 3.8) is 0 Å². The number of carbonyl (C=O) groups is 2. The Morgan fingerprint density at radius 2 is 1.78 bits per heavy atom. The maximum absolute atomic E-state index is 12.8. The Morgan fingerprint density at radius 1 is 1.12 bits per heavy atom. The lowest BCUT2D eigenvalue weighted by Crippen LogP contribution is -2.23. The molecule has 3 aromatic rings. The second-order valence-electron chi connectivity index (χ2n) is 8.19. The van der Waals surface area contributed by atoms with E-state index >= 15 is 0 Å². The van der Waals surface area contributed by atoms with E-state index in [1.807, 2.05) is 12.1 Å². The zero-order valence-corrected chi connectivity index (χ0v) is 19.9. The van der Waals surface area contributed by atoms with Crippen LogP contribution in [0, 0.1) is 0 Å². The van der Waals surface area contributed by atoms with Crippen molar-refractivity contribution in [2.24, 2.45) is 10.1 Å². The molecular formula is C22H25N3O5S2. The van der Waals surface area contributed by atoms with Gasteiger partial charge in [0.25, 0.3) is 5.91 Å². The van der Waals surface area contributed by atoms with Crippen LogP contribution in [0.3, 0.4) is 0 Å². The summed E-state index contributed by atoms with van der Waals surface area (Å²) in [6, 6.07) is 11.5. The van der Waals surface area contributed by atoms with E-state index in [1.54, 1.807) is 19.1 Å². The maximum atomic E-state index is 12.8. The number of ether oxygens (including phenoxy) is 1. The predicted molar refractivity (Wildman–Crippen MR) is 123 cm³/mol. The predicted octanol–water partition coefficient (Wildman–Crippen LogP) is 2.95. The summed E-state index contributed by atoms with van der Waals surface area (Å²) in [5, 5.41) is 5.23. The Bertz CT molecular complexity index is 1340. The number of rotatable bonds is 5. The van der Waals surface area contributed by atoms with Gasteiger partial charge in [-0.25, -0.2) is 13.6 Å². The first-order valence-corrected chi connectivity index (χ1v) is 12.3. The number of amides is 1. The normalized spacial score (nSPS) is 12.8. The fraction of sp³-hybridized carbons (Fsp3) is 0.318. The first kappa shape index (κ1) is 23.8. The third kappa shape index (κ3) is 5.32. The van der Waals surface area contributed by atoms with Gasteiger partial charge >= 0.3 is 5.97 Å². The van der Waals surface area contributed by atoms with Crippen LogP contribution < -0.4 is 9.94 Å². The van der Waals surface area contributed by atoms with Crippen molar-refractivity contribution in [3.05, 3.63) is 58.4 Å². The third-order valence-electron chi connectivity index (χ3n) is 4.77. The second-order valence-corrected chi connectivity index (χ2v) is 10.8. The first-order valence-electron chi connectivity index (χ1n) is 9.91. The number of hydrogen-bond donors (Lipinski definition) is 1. The SMILES string of the molecule is CCOC(=O)Cn1c(=NC(=O)c2ccc(C(C)(C)C)cc2)sc2cc(S(N)(=O)=O)ccc21. The van der Waals surface area contributed by atoms with Crippen LogP contribution in [0.15, 0.2) is 52.4 Å². The molecule has 0 aliphatic carbocycles. The smallest absolute Gasteiger partial charge is 0.326 e. The van der Waals surface area contributed by atoms with Crippen molar-refractivity contribution in [3.8, 4) is 0 Å². The molecule has 3 rings (SSSR count). The van der Waals surface area contributed by atoms with Gasteiger partial charge in [-0.15, -0.1) is 0 Å². The molecule has 32 heavy (non-hydrogen) atoms. The van der Waals surface area contributed by atoms with E-state index in [9.17, 15) is 18.0 Å². The molecule has 0 unspecified atom stereocenters. The summed E-state index contributed by atoms with van der Waals surface area (Å²) in [4.78, 5) is 29.4. The van der Waals surface area contributed by atoms with Crippen molar-refractivity contribution in [1.29, 1.82) is 0 Å². The quantitative estimate of drug-likeness (QED) is 0.569. The standard InChI is InChI=1S/C22H25N3O5S2/c1-5-30-19(26)13-25-17-11-10-16(32(23,28)29)12-18(17)31-21(25)24-20(27)14-6-8-15(9-7-14)22(2,3)4/h6-12H,5,13H2,1-4H3,(H2,23,28,29). The minimum Gasteiger partial charge on any atom is -0.465 e. The molecule has 2 N–H and O–H groups in total. The van der Waals surface area contributed by atoms with Crippen molar-refractivity contribution < 1.29 is 22.7 Å². The Hall–Kier alpha value is -2.82. The van der Waals surface area contributed by atoms with Crippen LogP contribution in [0.25, 0.3) is 10.2 Å². The lowest BCUT2D eigenvalue weighted by atomic mass is 9.87. The van der Waals surface area contributed by atoms with E-state index in [1.165, 1.54) is 22.8 Å². The van der Waals surface area contributed by atoms with Crippen LogP contribution in [-0.2, 0) is 31.5 Å². The van der Waals surface area contributed by atoms with Crippen molar-refractivity contribution in [2.45, 2.75) is 44.6 Å². The summed E-state index contributed by atoms with van der Waals surface area (Å²) in [6.07, 6.45) is 0. The molecule has 1 heterocycles. The molecule has 0 aliphatic heterocycles. The van der Waals surface area contributed by atoms with Crippen LogP contribution in [0.2, 0.25) is 0 Å². The van der Waals surface area contributed by atoms with Gasteiger partial charge in [0.1, 0.15) is 6.54 Å². The zero-order chi connectivity index (χ0) is 23.7. The van der Waals surface area contributed by atoms with Gasteiger partial charge in [0.15, 0.2) is 4.80 Å². The molecule has 0 aliphatic rings. The molecule has 8 nitrogen and oxygen atoms in total. The number of fused-ring (bicyclic) bond motifs is 1. The van der Waals surface area contributed by atoms with Crippen LogP contribution in [0.1, 0.15) is 43.6 Å². The minimum atomic E-state index is -3.90. The highest BCUT2D eigenvalue weighted by molar-refractivity contribution is 7.89. The Morgan fingerprint density at radius 3 is 2.34 bits per heavy atom. The van der Waals surface area contributed by atoms with Gasteiger partial charge in [-0.2, -0.15) is 4.99 Å². The number of aromatic nitrogens is 1. The van der Waals surface area contributed by atoms with Gasteiger partial charge in [0, 0.05) is 5.56 Å². The number of hydrogen-bond acceptors (Lipinski definition) is 6. The number of nitrogens with zero attached hydrogens (tertiary/aromatic N) is 2. The fourth-order valence-corrected chi connectivity index (χ4v) is 4.75. The molecule has 0 spiro atoms. The summed E-state index contributed by atoms with van der Waals surface area (Å²) >= 11 is 1.09. The van der Waals surface area contributed by atoms with E-state index in [0.717, 1.165) is 16.9 Å². The largest absolute Gasteiger partial charge is 0.465 e. The van der Waals surface area contributed by atoms with Gasteiger partial charge in [0.2, 0.25) is 10.0 Å². The van der Waals surface area contributed by atoms with Crippen LogP contribution in [0.5, 0.6) is 0 Å². The zero-order valence-electron chi connectivity index (χ0n) is 18.3. The highest BCUT2D eigenvalue weighted by atomic mass is 32.2. The van der Waals surface area contributed by atoms with Gasteiger partial charge in [0.05, 0.1) is 21.7 Å². The van der Waals surface area contributed by atoms with Crippen molar-refractivity contribution >= 4 is 43.5 Å². The Labute approximate surface area is 190 Å². The summed E-state index contributed by atoms with van der Waals surface area (Å²) in [5.74, 6) is -0.965. The van der Waals surface area contributed by atoms with E-state index in [2.05, 4.69) is 25.8 Å². The molecule has 1 amide bonds. The van der Waals surface area contributed by atoms with Crippen LogP contribution in [0.4, 0.5) is 0 Å². The highest BCUT2D eigenvalue weighted by Crippen LogP contribution is 2.23. The lowest BCUT2D eigenvalue weighted by molar-refractivity contribution is -0.143. The molecule has 170 valence electrons. The van der Waals surface area contributed by atoms with E-state index < -0.39 is 21.9 Å². The number of benzene rings is 2. The maximum Gasteiger partial charge on any atom is 0.326 e. The molecule has 0 bridgehead atoms. The topological polar surface area (TPSA) is 121 Å². The fourth-order valence-electron chi connectivity index (χ4n) is 3.07. The molecule has 0 fully saturated rings. The van der Waals surface area contributed by atoms with E-state index in [-0.39, 0.29) is 28.3 Å². The summed E-state index contributed by atoms with van der Waals surface area (Å²) in [7, 11) is -3.90. The molecule has 10 heteroatoms. The molecular weight excluding hydrogens is 450 g/mol. The van der Waals surface area contributed by atoms with Gasteiger partial charge in [-0.1, -0.05) is 44.2 Å². The average molecular weight is 476 g/mol. The molecule has 0 saturated heterocycles.